The second-order valence-corrected chi connectivity index (χ2v) is 6.23. The third-order valence-electron chi connectivity index (χ3n) is 4.26. The van der Waals surface area contributed by atoms with Crippen molar-refractivity contribution in [1.82, 2.24) is 15.3 Å². The number of aryl methyl sites for hydroxylation is 1. The van der Waals surface area contributed by atoms with Crippen LogP contribution in [0.1, 0.15) is 41.0 Å². The average Bonchev–Trinajstić information content (AvgIpc) is 2.63. The van der Waals surface area contributed by atoms with Crippen molar-refractivity contribution in [2.24, 2.45) is 0 Å². The molecule has 0 aliphatic carbocycles. The number of benzene rings is 1. The van der Waals surface area contributed by atoms with Crippen molar-refractivity contribution >= 4 is 11.9 Å². The van der Waals surface area contributed by atoms with Crippen LogP contribution in [0.4, 0.5) is 5.95 Å². The summed E-state index contributed by atoms with van der Waals surface area (Å²) in [6.45, 7) is 4.46. The lowest BCUT2D eigenvalue weighted by atomic mass is 10.1. The molecule has 0 bridgehead atoms. The minimum absolute atomic E-state index is 0.130. The normalized spacial score (nSPS) is 14.5. The molecule has 1 fully saturated rings. The highest BCUT2D eigenvalue weighted by molar-refractivity contribution is 5.92. The Bertz CT molecular complexity index is 681. The molecule has 24 heavy (non-hydrogen) atoms. The van der Waals surface area contributed by atoms with Gasteiger partial charge in [-0.1, -0.05) is 30.3 Å². The van der Waals surface area contributed by atoms with Crippen LogP contribution in [-0.4, -0.2) is 35.5 Å². The number of carbonyl (C=O) groups excluding carboxylic acids is 1. The zero-order valence-corrected chi connectivity index (χ0v) is 14.2. The predicted octanol–water partition coefficient (Wildman–Crippen LogP) is 2.75. The SMILES string of the molecule is Cc1cc(C(=O)NCCc2ccccc2)nc(N2CCCCC2)n1. The van der Waals surface area contributed by atoms with Crippen molar-refractivity contribution in [2.45, 2.75) is 32.6 Å². The van der Waals surface area contributed by atoms with Gasteiger partial charge in [0.1, 0.15) is 5.69 Å². The molecule has 1 amide bonds. The topological polar surface area (TPSA) is 58.1 Å². The number of amides is 1. The van der Waals surface area contributed by atoms with E-state index in [1.165, 1.54) is 12.0 Å². The quantitative estimate of drug-likeness (QED) is 0.919. The van der Waals surface area contributed by atoms with E-state index >= 15 is 0 Å². The number of anilines is 1. The van der Waals surface area contributed by atoms with E-state index in [-0.39, 0.29) is 5.91 Å². The maximum absolute atomic E-state index is 12.4. The van der Waals surface area contributed by atoms with Gasteiger partial charge in [0, 0.05) is 25.3 Å². The van der Waals surface area contributed by atoms with Gasteiger partial charge in [-0.2, -0.15) is 0 Å². The van der Waals surface area contributed by atoms with Crippen molar-refractivity contribution in [1.29, 1.82) is 0 Å². The lowest BCUT2D eigenvalue weighted by Crippen LogP contribution is -2.32. The van der Waals surface area contributed by atoms with Gasteiger partial charge in [0.15, 0.2) is 0 Å². The molecule has 1 aromatic heterocycles. The first-order valence-electron chi connectivity index (χ1n) is 8.65. The third-order valence-corrected chi connectivity index (χ3v) is 4.26. The minimum atomic E-state index is -0.130. The number of nitrogens with one attached hydrogen (secondary N) is 1. The maximum atomic E-state index is 12.4. The summed E-state index contributed by atoms with van der Waals surface area (Å²) in [5.74, 6) is 0.553. The monoisotopic (exact) mass is 324 g/mol. The molecule has 1 N–H and O–H groups in total. The molecular formula is C19H24N4O. The van der Waals surface area contributed by atoms with E-state index in [4.69, 9.17) is 0 Å². The summed E-state index contributed by atoms with van der Waals surface area (Å²) in [4.78, 5) is 23.6. The molecule has 2 aromatic rings. The number of hydrogen-bond acceptors (Lipinski definition) is 4. The van der Waals surface area contributed by atoms with Crippen molar-refractivity contribution < 1.29 is 4.79 Å². The Morgan fingerprint density at radius 1 is 1.12 bits per heavy atom. The van der Waals surface area contributed by atoms with E-state index in [2.05, 4.69) is 32.3 Å². The molecule has 0 saturated carbocycles. The fourth-order valence-corrected chi connectivity index (χ4v) is 2.96. The van der Waals surface area contributed by atoms with Crippen LogP contribution >= 0.6 is 0 Å². The van der Waals surface area contributed by atoms with Crippen LogP contribution < -0.4 is 10.2 Å². The largest absolute Gasteiger partial charge is 0.350 e. The van der Waals surface area contributed by atoms with Crippen LogP contribution in [-0.2, 0) is 6.42 Å². The van der Waals surface area contributed by atoms with Gasteiger partial charge in [0.2, 0.25) is 5.95 Å². The Morgan fingerprint density at radius 3 is 2.62 bits per heavy atom. The smallest absolute Gasteiger partial charge is 0.270 e. The Hall–Kier alpha value is -2.43. The average molecular weight is 324 g/mol. The lowest BCUT2D eigenvalue weighted by Gasteiger charge is -2.27. The summed E-state index contributed by atoms with van der Waals surface area (Å²) in [6.07, 6.45) is 4.40. The summed E-state index contributed by atoms with van der Waals surface area (Å²) in [5.41, 5.74) is 2.50. The first-order chi connectivity index (χ1) is 11.7. The predicted molar refractivity (Wildman–Crippen MR) is 95.3 cm³/mol. The van der Waals surface area contributed by atoms with E-state index in [0.717, 1.165) is 38.0 Å². The maximum Gasteiger partial charge on any atom is 0.270 e. The second kappa shape index (κ2) is 7.90. The van der Waals surface area contributed by atoms with Crippen LogP contribution in [0.2, 0.25) is 0 Å². The van der Waals surface area contributed by atoms with Gasteiger partial charge in [-0.05, 0) is 44.2 Å². The molecule has 126 valence electrons. The van der Waals surface area contributed by atoms with Crippen molar-refractivity contribution in [3.8, 4) is 0 Å². The lowest BCUT2D eigenvalue weighted by molar-refractivity contribution is 0.0949. The first kappa shape index (κ1) is 16.4. The van der Waals surface area contributed by atoms with E-state index in [1.807, 2.05) is 25.1 Å². The summed E-state index contributed by atoms with van der Waals surface area (Å²) >= 11 is 0. The van der Waals surface area contributed by atoms with Crippen LogP contribution in [0.5, 0.6) is 0 Å². The highest BCUT2D eigenvalue weighted by Gasteiger charge is 2.16. The zero-order valence-electron chi connectivity index (χ0n) is 14.2. The van der Waals surface area contributed by atoms with E-state index < -0.39 is 0 Å². The standard InChI is InChI=1S/C19H24N4O/c1-15-14-17(22-19(21-15)23-12-6-3-7-13-23)18(24)20-11-10-16-8-4-2-5-9-16/h2,4-5,8-9,14H,3,6-7,10-13H2,1H3,(H,20,24). The Kier molecular flexibility index (Phi) is 5.41. The van der Waals surface area contributed by atoms with Crippen molar-refractivity contribution in [3.63, 3.8) is 0 Å². The molecule has 5 heteroatoms. The van der Waals surface area contributed by atoms with Crippen LogP contribution in [0.15, 0.2) is 36.4 Å². The Morgan fingerprint density at radius 2 is 1.88 bits per heavy atom. The van der Waals surface area contributed by atoms with E-state index in [9.17, 15) is 4.79 Å². The van der Waals surface area contributed by atoms with Crippen LogP contribution in [0.3, 0.4) is 0 Å². The van der Waals surface area contributed by atoms with Gasteiger partial charge in [-0.15, -0.1) is 0 Å². The van der Waals surface area contributed by atoms with Crippen LogP contribution in [0.25, 0.3) is 0 Å². The summed E-state index contributed by atoms with van der Waals surface area (Å²) in [6, 6.07) is 11.9. The van der Waals surface area contributed by atoms with E-state index in [1.54, 1.807) is 6.07 Å². The minimum Gasteiger partial charge on any atom is -0.350 e. The summed E-state index contributed by atoms with van der Waals surface area (Å²) in [7, 11) is 0. The van der Waals surface area contributed by atoms with Gasteiger partial charge in [-0.25, -0.2) is 9.97 Å². The van der Waals surface area contributed by atoms with Crippen molar-refractivity contribution in [3.05, 3.63) is 53.3 Å². The van der Waals surface area contributed by atoms with Gasteiger partial charge < -0.3 is 10.2 Å². The molecule has 0 atom stereocenters. The molecule has 1 aliphatic heterocycles. The molecule has 5 nitrogen and oxygen atoms in total. The number of carbonyl (C=O) groups is 1. The molecule has 0 spiro atoms. The fraction of sp³-hybridized carbons (Fsp3) is 0.421. The second-order valence-electron chi connectivity index (χ2n) is 6.23. The molecule has 0 radical (unpaired) electrons. The molecule has 1 aliphatic rings. The number of nitrogens with zero attached hydrogens (tertiary/aromatic N) is 3. The Labute approximate surface area is 143 Å². The number of aromatic nitrogens is 2. The van der Waals surface area contributed by atoms with Gasteiger partial charge in [-0.3, -0.25) is 4.79 Å². The molecular weight excluding hydrogens is 300 g/mol. The fourth-order valence-electron chi connectivity index (χ4n) is 2.96. The molecule has 2 heterocycles. The van der Waals surface area contributed by atoms with Crippen LogP contribution in [0, 0.1) is 6.92 Å². The molecule has 0 unspecified atom stereocenters. The summed E-state index contributed by atoms with van der Waals surface area (Å²) < 4.78 is 0. The number of rotatable bonds is 5. The first-order valence-corrected chi connectivity index (χ1v) is 8.65. The van der Waals surface area contributed by atoms with Gasteiger partial charge in [0.05, 0.1) is 0 Å². The third kappa shape index (κ3) is 4.31. The van der Waals surface area contributed by atoms with Crippen molar-refractivity contribution in [2.75, 3.05) is 24.5 Å². The van der Waals surface area contributed by atoms with Gasteiger partial charge >= 0.3 is 0 Å². The summed E-state index contributed by atoms with van der Waals surface area (Å²) in [5, 5.41) is 2.96. The van der Waals surface area contributed by atoms with E-state index in [0.29, 0.717) is 18.2 Å². The number of hydrogen-bond donors (Lipinski definition) is 1. The Balaban J connectivity index is 1.62. The number of piperidine rings is 1. The highest BCUT2D eigenvalue weighted by atomic mass is 16.1. The van der Waals surface area contributed by atoms with Gasteiger partial charge in [0.25, 0.3) is 5.91 Å². The zero-order chi connectivity index (χ0) is 16.8. The molecule has 1 aromatic carbocycles. The molecule has 3 rings (SSSR count). The highest BCUT2D eigenvalue weighted by Crippen LogP contribution is 2.16. The molecule has 1 saturated heterocycles.